The summed E-state index contributed by atoms with van der Waals surface area (Å²) in [7, 11) is -2.11. The summed E-state index contributed by atoms with van der Waals surface area (Å²) in [5.41, 5.74) is 2.30. The van der Waals surface area contributed by atoms with Gasteiger partial charge in [-0.25, -0.2) is 8.42 Å². The Balaban J connectivity index is 2.15. The van der Waals surface area contributed by atoms with E-state index in [1.807, 2.05) is 31.2 Å². The monoisotopic (exact) mass is 419 g/mol. The first-order valence-corrected chi connectivity index (χ1v) is 11.1. The van der Waals surface area contributed by atoms with Gasteiger partial charge in [0.1, 0.15) is 5.75 Å². The summed E-state index contributed by atoms with van der Waals surface area (Å²) in [6.07, 6.45) is 0.882. The Morgan fingerprint density at radius 3 is 2.41 bits per heavy atom. The second-order valence-corrected chi connectivity index (χ2v) is 8.35. The first-order valence-electron chi connectivity index (χ1n) is 9.66. The van der Waals surface area contributed by atoms with Crippen LogP contribution in [0.1, 0.15) is 26.3 Å². The third-order valence-corrected chi connectivity index (χ3v) is 6.62. The number of anilines is 2. The molecule has 29 heavy (non-hydrogen) atoms. The predicted molar refractivity (Wildman–Crippen MR) is 116 cm³/mol. The molecule has 2 rings (SSSR count). The van der Waals surface area contributed by atoms with Crippen molar-refractivity contribution in [1.82, 2.24) is 4.31 Å². The Bertz CT molecular complexity index is 941. The molecule has 7 nitrogen and oxygen atoms in total. The summed E-state index contributed by atoms with van der Waals surface area (Å²) in [6.45, 7) is 6.37. The van der Waals surface area contributed by atoms with Crippen LogP contribution in [-0.4, -0.2) is 45.4 Å². The van der Waals surface area contributed by atoms with Gasteiger partial charge < -0.3 is 15.4 Å². The standard InChI is InChI=1S/C21H29N3O4S/c1-5-16-9-8-10-17(13-16)23-21(25)15-22-19-14-18(11-12-20(19)28-4)29(26,27)24(6-2)7-3/h8-14,22H,5-7,15H2,1-4H3,(H,23,25). The van der Waals surface area contributed by atoms with E-state index < -0.39 is 10.0 Å². The highest BCUT2D eigenvalue weighted by Crippen LogP contribution is 2.28. The van der Waals surface area contributed by atoms with Crippen molar-refractivity contribution in [2.45, 2.75) is 32.1 Å². The molecule has 0 heterocycles. The van der Waals surface area contributed by atoms with Crippen LogP contribution in [0, 0.1) is 0 Å². The molecule has 0 unspecified atom stereocenters. The van der Waals surface area contributed by atoms with E-state index in [0.717, 1.165) is 17.7 Å². The van der Waals surface area contributed by atoms with E-state index in [2.05, 4.69) is 10.6 Å². The number of carbonyl (C=O) groups is 1. The molecule has 158 valence electrons. The molecule has 0 radical (unpaired) electrons. The largest absolute Gasteiger partial charge is 0.495 e. The molecule has 0 aliphatic rings. The number of hydrogen-bond donors (Lipinski definition) is 2. The number of nitrogens with zero attached hydrogens (tertiary/aromatic N) is 1. The van der Waals surface area contributed by atoms with Crippen molar-refractivity contribution in [3.8, 4) is 5.75 Å². The fraction of sp³-hybridized carbons (Fsp3) is 0.381. The van der Waals surface area contributed by atoms with Crippen molar-refractivity contribution < 1.29 is 17.9 Å². The summed E-state index contributed by atoms with van der Waals surface area (Å²) in [5, 5.41) is 5.82. The summed E-state index contributed by atoms with van der Waals surface area (Å²) >= 11 is 0. The van der Waals surface area contributed by atoms with Crippen molar-refractivity contribution in [2.75, 3.05) is 37.4 Å². The number of nitrogens with one attached hydrogen (secondary N) is 2. The zero-order valence-electron chi connectivity index (χ0n) is 17.4. The zero-order chi connectivity index (χ0) is 21.4. The lowest BCUT2D eigenvalue weighted by Gasteiger charge is -2.20. The molecule has 2 aromatic rings. The van der Waals surface area contributed by atoms with Gasteiger partial charge in [-0.15, -0.1) is 0 Å². The summed E-state index contributed by atoms with van der Waals surface area (Å²) < 4.78 is 32.2. The molecular weight excluding hydrogens is 390 g/mol. The highest BCUT2D eigenvalue weighted by molar-refractivity contribution is 7.89. The molecule has 0 saturated heterocycles. The predicted octanol–water partition coefficient (Wildman–Crippen LogP) is 3.34. The first kappa shape index (κ1) is 22.7. The number of carbonyl (C=O) groups excluding carboxylic acids is 1. The molecule has 0 fully saturated rings. The third kappa shape index (κ3) is 5.71. The minimum Gasteiger partial charge on any atom is -0.495 e. The minimum atomic E-state index is -3.61. The molecular formula is C21H29N3O4S. The van der Waals surface area contributed by atoms with E-state index in [-0.39, 0.29) is 17.3 Å². The van der Waals surface area contributed by atoms with Gasteiger partial charge in [-0.2, -0.15) is 4.31 Å². The fourth-order valence-corrected chi connectivity index (χ4v) is 4.43. The van der Waals surface area contributed by atoms with E-state index in [0.29, 0.717) is 24.5 Å². The van der Waals surface area contributed by atoms with Crippen LogP contribution in [-0.2, 0) is 21.2 Å². The number of rotatable bonds is 10. The Morgan fingerprint density at radius 1 is 1.07 bits per heavy atom. The van der Waals surface area contributed by atoms with Gasteiger partial charge in [0.15, 0.2) is 0 Å². The molecule has 0 aliphatic heterocycles. The van der Waals surface area contributed by atoms with Gasteiger partial charge in [0, 0.05) is 18.8 Å². The number of amides is 1. The lowest BCUT2D eigenvalue weighted by Crippen LogP contribution is -2.30. The topological polar surface area (TPSA) is 87.7 Å². The van der Waals surface area contributed by atoms with Crippen LogP contribution in [0.5, 0.6) is 5.75 Å². The van der Waals surface area contributed by atoms with Crippen molar-refractivity contribution >= 4 is 27.3 Å². The Labute approximate surface area is 173 Å². The molecule has 0 aliphatic carbocycles. The van der Waals surface area contributed by atoms with Crippen molar-refractivity contribution in [3.63, 3.8) is 0 Å². The summed E-state index contributed by atoms with van der Waals surface area (Å²) in [6, 6.07) is 12.2. The van der Waals surface area contributed by atoms with E-state index in [4.69, 9.17) is 4.74 Å². The normalized spacial score (nSPS) is 11.3. The fourth-order valence-electron chi connectivity index (χ4n) is 2.95. The van der Waals surface area contributed by atoms with Crippen LogP contribution < -0.4 is 15.4 Å². The first-order chi connectivity index (χ1) is 13.8. The number of benzene rings is 2. The van der Waals surface area contributed by atoms with Crippen LogP contribution in [0.4, 0.5) is 11.4 Å². The van der Waals surface area contributed by atoms with E-state index in [1.54, 1.807) is 19.9 Å². The Kier molecular flexibility index (Phi) is 8.04. The second-order valence-electron chi connectivity index (χ2n) is 6.41. The van der Waals surface area contributed by atoms with Gasteiger partial charge in [-0.05, 0) is 42.3 Å². The molecule has 0 saturated carbocycles. The minimum absolute atomic E-state index is 0.0263. The molecule has 8 heteroatoms. The highest BCUT2D eigenvalue weighted by atomic mass is 32.2. The zero-order valence-corrected chi connectivity index (χ0v) is 18.2. The smallest absolute Gasteiger partial charge is 0.243 e. The van der Waals surface area contributed by atoms with E-state index in [1.165, 1.54) is 23.5 Å². The van der Waals surface area contributed by atoms with Gasteiger partial charge in [0.2, 0.25) is 15.9 Å². The molecule has 2 aromatic carbocycles. The summed E-state index contributed by atoms with van der Waals surface area (Å²) in [5.74, 6) is 0.224. The van der Waals surface area contributed by atoms with Gasteiger partial charge in [-0.3, -0.25) is 4.79 Å². The maximum Gasteiger partial charge on any atom is 0.243 e. The average Bonchev–Trinajstić information content (AvgIpc) is 2.72. The number of aryl methyl sites for hydroxylation is 1. The molecule has 0 spiro atoms. The van der Waals surface area contributed by atoms with Gasteiger partial charge in [0.05, 0.1) is 24.2 Å². The molecule has 2 N–H and O–H groups in total. The third-order valence-electron chi connectivity index (χ3n) is 4.57. The number of ether oxygens (including phenoxy) is 1. The SMILES string of the molecule is CCc1cccc(NC(=O)CNc2cc(S(=O)(=O)N(CC)CC)ccc2OC)c1. The molecule has 1 amide bonds. The second kappa shape index (κ2) is 10.3. The quantitative estimate of drug-likeness (QED) is 0.617. The summed E-state index contributed by atoms with van der Waals surface area (Å²) in [4.78, 5) is 12.5. The lowest BCUT2D eigenvalue weighted by atomic mass is 10.1. The van der Waals surface area contributed by atoms with Crippen molar-refractivity contribution in [2.24, 2.45) is 0 Å². The average molecular weight is 420 g/mol. The molecule has 0 atom stereocenters. The molecule has 0 aromatic heterocycles. The van der Waals surface area contributed by atoms with Crippen LogP contribution in [0.15, 0.2) is 47.4 Å². The van der Waals surface area contributed by atoms with E-state index >= 15 is 0 Å². The van der Waals surface area contributed by atoms with Crippen molar-refractivity contribution in [3.05, 3.63) is 48.0 Å². The maximum absolute atomic E-state index is 12.8. The van der Waals surface area contributed by atoms with Crippen LogP contribution in [0.3, 0.4) is 0 Å². The van der Waals surface area contributed by atoms with Crippen LogP contribution in [0.25, 0.3) is 0 Å². The number of sulfonamides is 1. The number of methoxy groups -OCH3 is 1. The van der Waals surface area contributed by atoms with Gasteiger partial charge in [-0.1, -0.05) is 32.9 Å². The van der Waals surface area contributed by atoms with Gasteiger partial charge >= 0.3 is 0 Å². The van der Waals surface area contributed by atoms with Crippen LogP contribution in [0.2, 0.25) is 0 Å². The highest BCUT2D eigenvalue weighted by Gasteiger charge is 2.23. The maximum atomic E-state index is 12.8. The number of hydrogen-bond acceptors (Lipinski definition) is 5. The Morgan fingerprint density at radius 2 is 1.79 bits per heavy atom. The lowest BCUT2D eigenvalue weighted by molar-refractivity contribution is -0.114. The van der Waals surface area contributed by atoms with Crippen LogP contribution >= 0.6 is 0 Å². The van der Waals surface area contributed by atoms with Crippen molar-refractivity contribution in [1.29, 1.82) is 0 Å². The van der Waals surface area contributed by atoms with E-state index in [9.17, 15) is 13.2 Å². The van der Waals surface area contributed by atoms with Gasteiger partial charge in [0.25, 0.3) is 0 Å². The Hall–Kier alpha value is -2.58. The molecule has 0 bridgehead atoms.